The lowest BCUT2D eigenvalue weighted by Gasteiger charge is -2.20. The van der Waals surface area contributed by atoms with Gasteiger partial charge in [0.15, 0.2) is 0 Å². The summed E-state index contributed by atoms with van der Waals surface area (Å²) in [4.78, 5) is 47.7. The van der Waals surface area contributed by atoms with Crippen molar-refractivity contribution in [2.45, 2.75) is 38.1 Å². The summed E-state index contributed by atoms with van der Waals surface area (Å²) in [6.07, 6.45) is 9.61. The Bertz CT molecular complexity index is 1590. The average molecular weight is 643 g/mol. The second-order valence-corrected chi connectivity index (χ2v) is 10.9. The maximum Gasteiger partial charge on any atom is 0.325 e. The number of hydrogen-bond acceptors (Lipinski definition) is 10. The van der Waals surface area contributed by atoms with Crippen LogP contribution >= 0.6 is 24.4 Å². The molecular formula is C32H34N8O3S2. The van der Waals surface area contributed by atoms with Crippen molar-refractivity contribution in [3.8, 4) is 22.8 Å². The average Bonchev–Trinajstić information content (AvgIpc) is 3.07. The minimum Gasteiger partial charge on any atom is -0.468 e. The second kappa shape index (κ2) is 17.5. The smallest absolute Gasteiger partial charge is 0.325 e. The second-order valence-electron chi connectivity index (χ2n) is 9.95. The fraction of sp³-hybridized carbons (Fsp3) is 0.281. The monoisotopic (exact) mass is 642 g/mol. The summed E-state index contributed by atoms with van der Waals surface area (Å²) in [6.45, 7) is 0.393. The standard InChI is InChI=1S/C32H34N8O3S2/c1-43-31(41)21-38-32(42)26(40-30(45)19-22-11-16-35-27(18-22)24-9-3-6-14-34-24)10-4-7-15-37-29(44)20-28-36-17-12-25(39-28)23-8-2-5-13-33-23/h2-3,5-6,8-9,11-14,16-18,26H,4,7,10,15,19-21H2,1H3,(H,37,44)(H,38,42)(H,40,45)/t26-/m0/s1. The zero-order chi connectivity index (χ0) is 31.9. The third-order valence-corrected chi connectivity index (χ3v) is 7.15. The molecule has 0 fully saturated rings. The third-order valence-electron chi connectivity index (χ3n) is 6.60. The van der Waals surface area contributed by atoms with E-state index in [1.54, 1.807) is 24.8 Å². The summed E-state index contributed by atoms with van der Waals surface area (Å²) in [5.74, 6) is -0.257. The van der Waals surface area contributed by atoms with E-state index in [9.17, 15) is 9.59 Å². The normalized spacial score (nSPS) is 11.2. The van der Waals surface area contributed by atoms with Gasteiger partial charge < -0.3 is 20.7 Å². The summed E-state index contributed by atoms with van der Waals surface area (Å²) >= 11 is 11.1. The molecule has 11 nitrogen and oxygen atoms in total. The molecule has 3 N–H and O–H groups in total. The van der Waals surface area contributed by atoms with Crippen LogP contribution in [0.1, 0.15) is 30.7 Å². The molecule has 13 heteroatoms. The van der Waals surface area contributed by atoms with Gasteiger partial charge in [0.1, 0.15) is 18.4 Å². The number of rotatable bonds is 15. The number of hydrogen-bond donors (Lipinski definition) is 3. The van der Waals surface area contributed by atoms with E-state index in [0.29, 0.717) is 48.0 Å². The first-order valence-electron chi connectivity index (χ1n) is 14.4. The summed E-state index contributed by atoms with van der Waals surface area (Å²) < 4.78 is 4.65. The number of aromatic nitrogens is 5. The SMILES string of the molecule is COC(=O)CNC(=O)[C@H](CCCCNC(=S)Cc1nccc(-c2ccccn2)n1)NC(=S)Cc1ccnc(-c2ccccn2)c1. The summed E-state index contributed by atoms with van der Waals surface area (Å²) in [7, 11) is 1.27. The molecule has 0 aromatic carbocycles. The molecule has 0 saturated heterocycles. The van der Waals surface area contributed by atoms with Crippen LogP contribution in [0.2, 0.25) is 0 Å². The third kappa shape index (κ3) is 11.0. The zero-order valence-corrected chi connectivity index (χ0v) is 26.4. The van der Waals surface area contributed by atoms with Crippen molar-refractivity contribution in [3.05, 3.63) is 90.8 Å². The van der Waals surface area contributed by atoms with Gasteiger partial charge in [-0.2, -0.15) is 0 Å². The van der Waals surface area contributed by atoms with Crippen LogP contribution in [0.4, 0.5) is 0 Å². The Labute approximate surface area is 272 Å². The van der Waals surface area contributed by atoms with E-state index in [0.717, 1.165) is 34.8 Å². The highest BCUT2D eigenvalue weighted by Crippen LogP contribution is 2.16. The molecular weight excluding hydrogens is 609 g/mol. The van der Waals surface area contributed by atoms with E-state index in [1.807, 2.05) is 54.6 Å². The van der Waals surface area contributed by atoms with Gasteiger partial charge in [0, 0.05) is 37.8 Å². The Hall–Kier alpha value is -4.75. The first kappa shape index (κ1) is 33.1. The summed E-state index contributed by atoms with van der Waals surface area (Å²) in [6, 6.07) is 16.3. The first-order chi connectivity index (χ1) is 21.9. The van der Waals surface area contributed by atoms with Crippen LogP contribution in [-0.2, 0) is 27.2 Å². The molecule has 1 atom stereocenters. The zero-order valence-electron chi connectivity index (χ0n) is 24.8. The highest BCUT2D eigenvalue weighted by atomic mass is 32.1. The molecule has 4 aromatic rings. The number of ether oxygens (including phenoxy) is 1. The van der Waals surface area contributed by atoms with Gasteiger partial charge in [0.2, 0.25) is 5.91 Å². The molecule has 4 heterocycles. The molecule has 0 bridgehead atoms. The molecule has 1 amide bonds. The summed E-state index contributed by atoms with van der Waals surface area (Å²) in [5, 5.41) is 9.06. The van der Waals surface area contributed by atoms with Crippen LogP contribution in [0.15, 0.2) is 79.4 Å². The van der Waals surface area contributed by atoms with Gasteiger partial charge in [0.05, 0.1) is 46.3 Å². The number of carbonyl (C=O) groups excluding carboxylic acids is 2. The lowest BCUT2D eigenvalue weighted by atomic mass is 10.1. The van der Waals surface area contributed by atoms with Crippen LogP contribution in [0, 0.1) is 0 Å². The van der Waals surface area contributed by atoms with Crippen molar-refractivity contribution in [2.75, 3.05) is 20.2 Å². The predicted molar refractivity (Wildman–Crippen MR) is 179 cm³/mol. The molecule has 45 heavy (non-hydrogen) atoms. The van der Waals surface area contributed by atoms with Crippen molar-refractivity contribution in [3.63, 3.8) is 0 Å². The molecule has 0 saturated carbocycles. The Balaban J connectivity index is 1.27. The van der Waals surface area contributed by atoms with Gasteiger partial charge in [-0.1, -0.05) is 36.6 Å². The van der Waals surface area contributed by atoms with Gasteiger partial charge in [-0.05, 0) is 67.3 Å². The van der Waals surface area contributed by atoms with Crippen LogP contribution in [0.25, 0.3) is 22.8 Å². The minimum absolute atomic E-state index is 0.225. The van der Waals surface area contributed by atoms with Crippen molar-refractivity contribution in [1.82, 2.24) is 40.9 Å². The van der Waals surface area contributed by atoms with Crippen molar-refractivity contribution in [2.24, 2.45) is 0 Å². The largest absolute Gasteiger partial charge is 0.468 e. The van der Waals surface area contributed by atoms with Crippen LogP contribution in [0.3, 0.4) is 0 Å². The number of nitrogens with one attached hydrogen (secondary N) is 3. The summed E-state index contributed by atoms with van der Waals surface area (Å²) in [5.41, 5.74) is 3.94. The van der Waals surface area contributed by atoms with Crippen molar-refractivity contribution >= 4 is 46.3 Å². The number of pyridine rings is 3. The Kier molecular flexibility index (Phi) is 12.9. The Morgan fingerprint density at radius 1 is 0.778 bits per heavy atom. The highest BCUT2D eigenvalue weighted by molar-refractivity contribution is 7.80. The van der Waals surface area contributed by atoms with Gasteiger partial charge in [-0.15, -0.1) is 0 Å². The number of amides is 1. The molecule has 0 aliphatic rings. The van der Waals surface area contributed by atoms with E-state index < -0.39 is 12.0 Å². The number of unbranched alkanes of at least 4 members (excludes halogenated alkanes) is 1. The van der Waals surface area contributed by atoms with E-state index in [1.165, 1.54) is 7.11 Å². The lowest BCUT2D eigenvalue weighted by molar-refractivity contribution is -0.141. The molecule has 0 spiro atoms. The van der Waals surface area contributed by atoms with E-state index >= 15 is 0 Å². The molecule has 0 aliphatic carbocycles. The first-order valence-corrected chi connectivity index (χ1v) is 15.2. The minimum atomic E-state index is -0.631. The molecule has 0 aliphatic heterocycles. The predicted octanol–water partition coefficient (Wildman–Crippen LogP) is 3.44. The van der Waals surface area contributed by atoms with Gasteiger partial charge in [0.25, 0.3) is 0 Å². The lowest BCUT2D eigenvalue weighted by Crippen LogP contribution is -2.48. The maximum absolute atomic E-state index is 13.0. The quantitative estimate of drug-likeness (QED) is 0.0993. The molecule has 4 rings (SSSR count). The van der Waals surface area contributed by atoms with E-state index in [4.69, 9.17) is 24.4 Å². The van der Waals surface area contributed by atoms with Gasteiger partial charge in [-0.3, -0.25) is 24.5 Å². The number of thiocarbonyl (C=S) groups is 2. The van der Waals surface area contributed by atoms with Crippen LogP contribution < -0.4 is 16.0 Å². The van der Waals surface area contributed by atoms with Crippen LogP contribution in [-0.4, -0.2) is 73.0 Å². The van der Waals surface area contributed by atoms with Crippen molar-refractivity contribution < 1.29 is 14.3 Å². The number of methoxy groups -OCH3 is 1. The topological polar surface area (TPSA) is 144 Å². The van der Waals surface area contributed by atoms with Crippen LogP contribution in [0.5, 0.6) is 0 Å². The Morgan fingerprint density at radius 3 is 2.20 bits per heavy atom. The van der Waals surface area contributed by atoms with Gasteiger partial charge >= 0.3 is 5.97 Å². The Morgan fingerprint density at radius 2 is 1.49 bits per heavy atom. The van der Waals surface area contributed by atoms with E-state index in [2.05, 4.69) is 45.6 Å². The van der Waals surface area contributed by atoms with Crippen molar-refractivity contribution in [1.29, 1.82) is 0 Å². The fourth-order valence-electron chi connectivity index (χ4n) is 4.34. The van der Waals surface area contributed by atoms with Gasteiger partial charge in [-0.25, -0.2) is 9.97 Å². The number of carbonyl (C=O) groups is 2. The molecule has 4 aromatic heterocycles. The van der Waals surface area contributed by atoms with E-state index in [-0.39, 0.29) is 12.5 Å². The maximum atomic E-state index is 13.0. The number of esters is 1. The molecule has 0 unspecified atom stereocenters. The highest BCUT2D eigenvalue weighted by Gasteiger charge is 2.20. The number of nitrogens with zero attached hydrogens (tertiary/aromatic N) is 5. The molecule has 232 valence electrons. The molecule has 0 radical (unpaired) electrons. The fourth-order valence-corrected chi connectivity index (χ4v) is 4.88.